The summed E-state index contributed by atoms with van der Waals surface area (Å²) >= 11 is 0. The molecule has 3 rings (SSSR count). The molecule has 0 amide bonds. The van der Waals surface area contributed by atoms with Gasteiger partial charge in [0.1, 0.15) is 23.1 Å². The average molecular weight is 330 g/mol. The second-order valence-electron chi connectivity index (χ2n) is 6.72. The van der Waals surface area contributed by atoms with Crippen molar-refractivity contribution in [2.24, 2.45) is 5.41 Å². The Labute approximate surface area is 139 Å². The third-order valence-corrected chi connectivity index (χ3v) is 6.08. The summed E-state index contributed by atoms with van der Waals surface area (Å²) in [4.78, 5) is 0. The molecule has 0 bridgehead atoms. The number of hydrogen-bond donors (Lipinski definition) is 0. The summed E-state index contributed by atoms with van der Waals surface area (Å²) in [6.07, 6.45) is 0. The van der Waals surface area contributed by atoms with Crippen molar-refractivity contribution in [3.8, 4) is 28.4 Å². The van der Waals surface area contributed by atoms with Gasteiger partial charge < -0.3 is 14.2 Å². The Balaban J connectivity index is 2.14. The van der Waals surface area contributed by atoms with Crippen molar-refractivity contribution in [1.82, 2.24) is 0 Å². The summed E-state index contributed by atoms with van der Waals surface area (Å²) in [7, 11) is 3.99. The molecule has 2 aromatic carbocycles. The number of rotatable bonds is 3. The van der Waals surface area contributed by atoms with Crippen molar-refractivity contribution in [2.75, 3.05) is 14.2 Å². The number of fused-ring (bicyclic) bond motifs is 1. The van der Waals surface area contributed by atoms with Crippen LogP contribution in [0.3, 0.4) is 0 Å². The lowest BCUT2D eigenvalue weighted by Crippen LogP contribution is -2.25. The maximum Gasteiger partial charge on any atom is 0.130 e. The second kappa shape index (κ2) is 6.05. The van der Waals surface area contributed by atoms with Gasteiger partial charge in [0, 0.05) is 16.3 Å². The lowest BCUT2D eigenvalue weighted by atomic mass is 9.98. The second-order valence-corrected chi connectivity index (χ2v) is 8.04. The van der Waals surface area contributed by atoms with Crippen LogP contribution in [0.1, 0.15) is 20.8 Å². The van der Waals surface area contributed by atoms with Gasteiger partial charge in [0.25, 0.3) is 0 Å². The fraction of sp³-hybridized carbons (Fsp3) is 0.368. The zero-order valence-corrected chi connectivity index (χ0v) is 15.3. The Morgan fingerprint density at radius 1 is 0.957 bits per heavy atom. The first kappa shape index (κ1) is 16.1. The van der Waals surface area contributed by atoms with Gasteiger partial charge in [-0.3, -0.25) is 0 Å². The first-order valence-corrected chi connectivity index (χ1v) is 8.81. The number of ether oxygens (including phenoxy) is 3. The standard InChI is InChI=1S/C19H23O3P/c1-19(2,3)18-22-15-11-6-8-12(17(15)23-18)16-13(20-4)9-7-10-14(16)21-5/h6-11,18,23H,1-5H3. The van der Waals surface area contributed by atoms with Crippen LogP contribution in [0.5, 0.6) is 17.2 Å². The Kier molecular flexibility index (Phi) is 4.25. The number of benzene rings is 2. The summed E-state index contributed by atoms with van der Waals surface area (Å²) in [5, 5.41) is 1.26. The molecule has 2 aromatic rings. The van der Waals surface area contributed by atoms with Gasteiger partial charge in [0.15, 0.2) is 0 Å². The molecule has 1 heterocycles. The Morgan fingerprint density at radius 2 is 1.57 bits per heavy atom. The van der Waals surface area contributed by atoms with Crippen LogP contribution >= 0.6 is 8.58 Å². The van der Waals surface area contributed by atoms with E-state index in [2.05, 4.69) is 32.9 Å². The molecule has 0 spiro atoms. The van der Waals surface area contributed by atoms with Crippen molar-refractivity contribution in [3.63, 3.8) is 0 Å². The van der Waals surface area contributed by atoms with E-state index in [1.165, 1.54) is 5.30 Å². The highest BCUT2D eigenvalue weighted by Gasteiger charge is 2.35. The molecule has 1 aliphatic heterocycles. The Hall–Kier alpha value is -1.73. The zero-order chi connectivity index (χ0) is 16.6. The van der Waals surface area contributed by atoms with Crippen LogP contribution in [0, 0.1) is 5.41 Å². The third kappa shape index (κ3) is 2.90. The van der Waals surface area contributed by atoms with Gasteiger partial charge in [-0.2, -0.15) is 0 Å². The predicted molar refractivity (Wildman–Crippen MR) is 96.8 cm³/mol. The minimum atomic E-state index is 0.111. The SMILES string of the molecule is COc1cccc(OC)c1-c1cccc2c1PC(C(C)(C)C)O2. The number of methoxy groups -OCH3 is 2. The first-order chi connectivity index (χ1) is 11.0. The van der Waals surface area contributed by atoms with E-state index >= 15 is 0 Å². The molecule has 2 unspecified atom stereocenters. The quantitative estimate of drug-likeness (QED) is 0.779. The predicted octanol–water partition coefficient (Wildman–Crippen LogP) is 4.44. The van der Waals surface area contributed by atoms with E-state index in [0.29, 0.717) is 8.58 Å². The van der Waals surface area contributed by atoms with Crippen LogP contribution in [-0.4, -0.2) is 20.1 Å². The van der Waals surface area contributed by atoms with Crippen LogP contribution < -0.4 is 19.5 Å². The van der Waals surface area contributed by atoms with Gasteiger partial charge in [-0.15, -0.1) is 0 Å². The molecule has 0 fully saturated rings. The summed E-state index contributed by atoms with van der Waals surface area (Å²) in [6.45, 7) is 6.67. The fourth-order valence-corrected chi connectivity index (χ4v) is 4.31. The van der Waals surface area contributed by atoms with Gasteiger partial charge in [0.05, 0.1) is 19.8 Å². The largest absolute Gasteiger partial charge is 0.496 e. The molecule has 23 heavy (non-hydrogen) atoms. The lowest BCUT2D eigenvalue weighted by Gasteiger charge is -2.25. The molecule has 0 N–H and O–H groups in total. The smallest absolute Gasteiger partial charge is 0.130 e. The van der Waals surface area contributed by atoms with Crippen molar-refractivity contribution in [1.29, 1.82) is 0 Å². The molecule has 4 heteroatoms. The summed E-state index contributed by atoms with van der Waals surface area (Å²) in [5.74, 6) is 2.83. The van der Waals surface area contributed by atoms with Gasteiger partial charge in [-0.25, -0.2) is 0 Å². The van der Waals surface area contributed by atoms with E-state index in [1.807, 2.05) is 24.3 Å². The van der Waals surface area contributed by atoms with Crippen molar-refractivity contribution in [3.05, 3.63) is 36.4 Å². The molecule has 0 saturated heterocycles. The highest BCUT2D eigenvalue weighted by molar-refractivity contribution is 7.49. The molecule has 122 valence electrons. The normalized spacial score (nSPS) is 17.7. The molecular weight excluding hydrogens is 307 g/mol. The first-order valence-electron chi connectivity index (χ1n) is 7.73. The molecule has 2 atom stereocenters. The van der Waals surface area contributed by atoms with Crippen molar-refractivity contribution < 1.29 is 14.2 Å². The fourth-order valence-electron chi connectivity index (χ4n) is 2.78. The topological polar surface area (TPSA) is 27.7 Å². The van der Waals surface area contributed by atoms with Crippen molar-refractivity contribution >= 4 is 13.9 Å². The van der Waals surface area contributed by atoms with Crippen LogP contribution in [0.4, 0.5) is 0 Å². The molecule has 1 aliphatic rings. The minimum absolute atomic E-state index is 0.111. The summed E-state index contributed by atoms with van der Waals surface area (Å²) in [6, 6.07) is 12.1. The highest BCUT2D eigenvalue weighted by Crippen LogP contribution is 2.48. The van der Waals surface area contributed by atoms with E-state index in [4.69, 9.17) is 14.2 Å². The maximum absolute atomic E-state index is 6.21. The monoisotopic (exact) mass is 330 g/mol. The molecular formula is C19H23O3P. The van der Waals surface area contributed by atoms with E-state index in [-0.39, 0.29) is 11.3 Å². The zero-order valence-electron chi connectivity index (χ0n) is 14.3. The summed E-state index contributed by atoms with van der Waals surface area (Å²) in [5.41, 5.74) is 2.25. The van der Waals surface area contributed by atoms with Gasteiger partial charge in [-0.05, 0) is 26.8 Å². The Bertz CT molecular complexity index is 697. The molecule has 3 nitrogen and oxygen atoms in total. The van der Waals surface area contributed by atoms with Crippen LogP contribution in [0.25, 0.3) is 11.1 Å². The van der Waals surface area contributed by atoms with Gasteiger partial charge in [0.2, 0.25) is 0 Å². The molecule has 0 aliphatic carbocycles. The van der Waals surface area contributed by atoms with Gasteiger partial charge in [-0.1, -0.05) is 39.0 Å². The highest BCUT2D eigenvalue weighted by atomic mass is 31.1. The maximum atomic E-state index is 6.21. The molecule has 0 aromatic heterocycles. The van der Waals surface area contributed by atoms with E-state index < -0.39 is 0 Å². The Morgan fingerprint density at radius 3 is 2.13 bits per heavy atom. The lowest BCUT2D eigenvalue weighted by molar-refractivity contribution is 0.170. The van der Waals surface area contributed by atoms with Crippen LogP contribution in [0.15, 0.2) is 36.4 Å². The molecule has 0 saturated carbocycles. The van der Waals surface area contributed by atoms with Crippen LogP contribution in [-0.2, 0) is 0 Å². The van der Waals surface area contributed by atoms with E-state index in [1.54, 1.807) is 14.2 Å². The van der Waals surface area contributed by atoms with Crippen molar-refractivity contribution in [2.45, 2.75) is 26.6 Å². The summed E-state index contributed by atoms with van der Waals surface area (Å²) < 4.78 is 17.4. The minimum Gasteiger partial charge on any atom is -0.496 e. The van der Waals surface area contributed by atoms with E-state index in [0.717, 1.165) is 28.4 Å². The molecule has 0 radical (unpaired) electrons. The number of hydrogen-bond acceptors (Lipinski definition) is 3. The van der Waals surface area contributed by atoms with Gasteiger partial charge >= 0.3 is 0 Å². The third-order valence-electron chi connectivity index (χ3n) is 4.03. The van der Waals surface area contributed by atoms with E-state index in [9.17, 15) is 0 Å². The average Bonchev–Trinajstić information content (AvgIpc) is 2.98. The van der Waals surface area contributed by atoms with Crippen LogP contribution in [0.2, 0.25) is 0 Å².